The van der Waals surface area contributed by atoms with Crippen molar-refractivity contribution in [2.24, 2.45) is 22.9 Å². The second-order valence-electron chi connectivity index (χ2n) is 6.01. The Bertz CT molecular complexity index is 699. The van der Waals surface area contributed by atoms with Crippen molar-refractivity contribution in [2.45, 2.75) is 17.2 Å². The molecule has 4 rings (SSSR count). The highest BCUT2D eigenvalue weighted by Gasteiger charge is 2.56. The summed E-state index contributed by atoms with van der Waals surface area (Å²) in [4.78, 5) is 23.3. The van der Waals surface area contributed by atoms with E-state index in [1.54, 1.807) is 0 Å². The molecule has 0 saturated heterocycles. The monoisotopic (exact) mass is 337 g/mol. The summed E-state index contributed by atoms with van der Waals surface area (Å²) >= 11 is 11.8. The van der Waals surface area contributed by atoms with E-state index in [9.17, 15) is 9.59 Å². The largest absolute Gasteiger partial charge is 0.326 e. The Morgan fingerprint density at radius 3 is 2.59 bits per heavy atom. The molecule has 1 aliphatic heterocycles. The second-order valence-corrected chi connectivity index (χ2v) is 7.55. The summed E-state index contributed by atoms with van der Waals surface area (Å²) in [6.07, 6.45) is 1.35. The summed E-state index contributed by atoms with van der Waals surface area (Å²) in [7, 11) is 0. The van der Waals surface area contributed by atoms with Crippen LogP contribution in [0.25, 0.3) is 0 Å². The predicted molar refractivity (Wildman–Crippen MR) is 83.9 cm³/mol. The maximum Gasteiger partial charge on any atom is 0.243 e. The molecule has 1 heterocycles. The van der Waals surface area contributed by atoms with E-state index in [0.29, 0.717) is 12.1 Å². The number of hydrogen-bond acceptors (Lipinski definition) is 3. The van der Waals surface area contributed by atoms with E-state index >= 15 is 0 Å². The normalized spacial score (nSPS) is 30.7. The average molecular weight is 338 g/mol. The minimum atomic E-state index is -0.917. The molecule has 22 heavy (non-hydrogen) atoms. The summed E-state index contributed by atoms with van der Waals surface area (Å²) in [5.41, 5.74) is 5.11. The number of nitrogens with zero attached hydrogens (tertiary/aromatic N) is 1. The molecule has 3 aliphatic rings. The number of benzene rings is 1. The third-order valence-corrected chi connectivity index (χ3v) is 5.19. The SMILES string of the molecule is O=C1NN=C(c2ccc(NC(=O)C3CC3(Cl)Cl)cc2)C2CC12. The van der Waals surface area contributed by atoms with Crippen LogP contribution >= 0.6 is 23.2 Å². The second kappa shape index (κ2) is 4.70. The third kappa shape index (κ3) is 2.38. The fourth-order valence-electron chi connectivity index (χ4n) is 2.80. The number of fused-ring (bicyclic) bond motifs is 1. The van der Waals surface area contributed by atoms with Crippen LogP contribution in [0.15, 0.2) is 29.4 Å². The van der Waals surface area contributed by atoms with Gasteiger partial charge in [-0.1, -0.05) is 12.1 Å². The molecule has 2 N–H and O–H groups in total. The molecule has 2 aliphatic carbocycles. The summed E-state index contributed by atoms with van der Waals surface area (Å²) in [6.45, 7) is 0. The van der Waals surface area contributed by atoms with Gasteiger partial charge in [-0.05, 0) is 30.5 Å². The van der Waals surface area contributed by atoms with E-state index in [1.807, 2.05) is 24.3 Å². The summed E-state index contributed by atoms with van der Waals surface area (Å²) in [6, 6.07) is 7.41. The Balaban J connectivity index is 1.45. The van der Waals surface area contributed by atoms with Gasteiger partial charge >= 0.3 is 0 Å². The first-order valence-electron chi connectivity index (χ1n) is 7.12. The molecule has 0 spiro atoms. The van der Waals surface area contributed by atoms with Crippen LogP contribution in [0.5, 0.6) is 0 Å². The van der Waals surface area contributed by atoms with Crippen molar-refractivity contribution in [3.8, 4) is 0 Å². The van der Waals surface area contributed by atoms with E-state index in [2.05, 4.69) is 15.8 Å². The van der Waals surface area contributed by atoms with Gasteiger partial charge in [0.1, 0.15) is 4.33 Å². The Morgan fingerprint density at radius 2 is 1.95 bits per heavy atom. The van der Waals surface area contributed by atoms with E-state index < -0.39 is 4.33 Å². The summed E-state index contributed by atoms with van der Waals surface area (Å²) < 4.78 is -0.917. The third-order valence-electron chi connectivity index (χ3n) is 4.36. The molecule has 3 atom stereocenters. The standard InChI is InChI=1S/C15H13Cl2N3O2/c16-15(17)6-11(15)14(22)18-8-3-1-7(2-4-8)12-9-5-10(9)13(21)20-19-12/h1-4,9-11H,5-6H2,(H,18,22)(H,20,21). The fourth-order valence-corrected chi connectivity index (χ4v) is 3.30. The number of halogens is 2. The van der Waals surface area contributed by atoms with Crippen LogP contribution in [0.2, 0.25) is 0 Å². The molecule has 5 nitrogen and oxygen atoms in total. The lowest BCUT2D eigenvalue weighted by Gasteiger charge is -2.12. The molecular weight excluding hydrogens is 325 g/mol. The number of hydrazone groups is 1. The van der Waals surface area contributed by atoms with Crippen molar-refractivity contribution in [1.29, 1.82) is 0 Å². The van der Waals surface area contributed by atoms with Crippen LogP contribution < -0.4 is 10.7 Å². The van der Waals surface area contributed by atoms with Crippen molar-refractivity contribution in [1.82, 2.24) is 5.43 Å². The highest BCUT2D eigenvalue weighted by Crippen LogP contribution is 2.53. The Morgan fingerprint density at radius 1 is 1.27 bits per heavy atom. The van der Waals surface area contributed by atoms with Crippen molar-refractivity contribution >= 4 is 46.4 Å². The number of carbonyl (C=O) groups is 2. The smallest absolute Gasteiger partial charge is 0.243 e. The van der Waals surface area contributed by atoms with Gasteiger partial charge in [-0.15, -0.1) is 23.2 Å². The predicted octanol–water partition coefficient (Wildman–Crippen LogP) is 2.29. The van der Waals surface area contributed by atoms with Gasteiger partial charge in [0.2, 0.25) is 11.8 Å². The van der Waals surface area contributed by atoms with E-state index in [4.69, 9.17) is 23.2 Å². The van der Waals surface area contributed by atoms with Gasteiger partial charge in [-0.25, -0.2) is 5.43 Å². The highest BCUT2D eigenvalue weighted by molar-refractivity contribution is 6.52. The Kier molecular flexibility index (Phi) is 3.00. The van der Waals surface area contributed by atoms with Crippen molar-refractivity contribution in [3.63, 3.8) is 0 Å². The summed E-state index contributed by atoms with van der Waals surface area (Å²) in [5, 5.41) is 6.95. The van der Waals surface area contributed by atoms with Crippen LogP contribution in [0.1, 0.15) is 18.4 Å². The Hall–Kier alpha value is -1.59. The van der Waals surface area contributed by atoms with Gasteiger partial charge in [-0.3, -0.25) is 9.59 Å². The molecule has 0 aromatic heterocycles. The zero-order valence-corrected chi connectivity index (χ0v) is 13.0. The molecule has 0 radical (unpaired) electrons. The van der Waals surface area contributed by atoms with Crippen LogP contribution in [-0.2, 0) is 9.59 Å². The quantitative estimate of drug-likeness (QED) is 0.830. The molecule has 3 unspecified atom stereocenters. The van der Waals surface area contributed by atoms with Crippen LogP contribution in [0.3, 0.4) is 0 Å². The molecule has 7 heteroatoms. The van der Waals surface area contributed by atoms with Gasteiger partial charge in [-0.2, -0.15) is 5.10 Å². The van der Waals surface area contributed by atoms with Crippen molar-refractivity contribution in [3.05, 3.63) is 29.8 Å². The van der Waals surface area contributed by atoms with Gasteiger partial charge in [0.05, 0.1) is 11.6 Å². The molecule has 114 valence electrons. The lowest BCUT2D eigenvalue weighted by Crippen LogP contribution is -2.28. The van der Waals surface area contributed by atoms with Gasteiger partial charge in [0.25, 0.3) is 0 Å². The maximum atomic E-state index is 11.9. The minimum Gasteiger partial charge on any atom is -0.326 e. The topological polar surface area (TPSA) is 70.6 Å². The van der Waals surface area contributed by atoms with Gasteiger partial charge in [0, 0.05) is 17.5 Å². The number of alkyl halides is 2. The molecular formula is C15H13Cl2N3O2. The highest BCUT2D eigenvalue weighted by atomic mass is 35.5. The lowest BCUT2D eigenvalue weighted by molar-refractivity contribution is -0.122. The van der Waals surface area contributed by atoms with E-state index in [-0.39, 0.29) is 29.6 Å². The number of carbonyl (C=O) groups excluding carboxylic acids is 2. The first-order valence-corrected chi connectivity index (χ1v) is 7.88. The van der Waals surface area contributed by atoms with Crippen LogP contribution in [0.4, 0.5) is 5.69 Å². The number of nitrogens with one attached hydrogen (secondary N) is 2. The Labute approximate surface area is 137 Å². The van der Waals surface area contributed by atoms with Crippen LogP contribution in [0, 0.1) is 17.8 Å². The zero-order chi connectivity index (χ0) is 15.5. The fraction of sp³-hybridized carbons (Fsp3) is 0.400. The van der Waals surface area contributed by atoms with E-state index in [1.165, 1.54) is 0 Å². The number of hydrogen-bond donors (Lipinski definition) is 2. The lowest BCUT2D eigenvalue weighted by atomic mass is 10.0. The summed E-state index contributed by atoms with van der Waals surface area (Å²) in [5.74, 6) is -0.202. The maximum absolute atomic E-state index is 11.9. The minimum absolute atomic E-state index is 0.00713. The zero-order valence-electron chi connectivity index (χ0n) is 11.5. The molecule has 2 saturated carbocycles. The molecule has 1 aromatic rings. The molecule has 0 bridgehead atoms. The number of rotatable bonds is 3. The first-order chi connectivity index (χ1) is 10.5. The molecule has 2 fully saturated rings. The molecule has 1 aromatic carbocycles. The number of amides is 2. The first kappa shape index (κ1) is 14.0. The number of anilines is 1. The van der Waals surface area contributed by atoms with Crippen LogP contribution in [-0.4, -0.2) is 21.9 Å². The van der Waals surface area contributed by atoms with Gasteiger partial charge < -0.3 is 5.32 Å². The van der Waals surface area contributed by atoms with Crippen molar-refractivity contribution in [2.75, 3.05) is 5.32 Å². The average Bonchev–Trinajstić information content (AvgIpc) is 3.37. The van der Waals surface area contributed by atoms with E-state index in [0.717, 1.165) is 17.7 Å². The van der Waals surface area contributed by atoms with Gasteiger partial charge in [0.15, 0.2) is 0 Å². The van der Waals surface area contributed by atoms with Crippen molar-refractivity contribution < 1.29 is 9.59 Å². The molecule has 2 amide bonds.